The van der Waals surface area contributed by atoms with E-state index in [9.17, 15) is 4.79 Å². The fourth-order valence-electron chi connectivity index (χ4n) is 1.85. The Labute approximate surface area is 96.3 Å². The summed E-state index contributed by atoms with van der Waals surface area (Å²) in [5.74, 6) is -0.566. The quantitative estimate of drug-likeness (QED) is 0.801. The van der Waals surface area contributed by atoms with Gasteiger partial charge >= 0.3 is 5.97 Å². The molecule has 0 aliphatic rings. The first-order valence-corrected chi connectivity index (χ1v) is 5.56. The molecule has 88 valence electrons. The fraction of sp³-hybridized carbons (Fsp3) is 0.462. The Hall–Kier alpha value is -1.35. The third-order valence-corrected chi connectivity index (χ3v) is 2.95. The number of hydrogen-bond donors (Lipinski definition) is 2. The second-order valence-electron chi connectivity index (χ2n) is 4.28. The Morgan fingerprint density at radius 2 is 2.00 bits per heavy atom. The fourth-order valence-corrected chi connectivity index (χ4v) is 1.85. The van der Waals surface area contributed by atoms with Crippen LogP contribution in [-0.4, -0.2) is 17.1 Å². The molecule has 3 nitrogen and oxygen atoms in total. The van der Waals surface area contributed by atoms with Gasteiger partial charge < -0.3 is 10.8 Å². The number of benzene rings is 1. The molecule has 16 heavy (non-hydrogen) atoms. The summed E-state index contributed by atoms with van der Waals surface area (Å²) >= 11 is 0. The Kier molecular flexibility index (Phi) is 4.50. The third kappa shape index (κ3) is 3.35. The van der Waals surface area contributed by atoms with Gasteiger partial charge in [0.2, 0.25) is 0 Å². The van der Waals surface area contributed by atoms with Crippen molar-refractivity contribution in [2.45, 2.75) is 38.6 Å². The minimum atomic E-state index is -0.919. The molecule has 0 aromatic heterocycles. The lowest BCUT2D eigenvalue weighted by atomic mass is 9.91. The van der Waals surface area contributed by atoms with E-state index in [4.69, 9.17) is 10.8 Å². The number of hydrogen-bond acceptors (Lipinski definition) is 2. The van der Waals surface area contributed by atoms with Crippen molar-refractivity contribution in [3.05, 3.63) is 35.4 Å². The van der Waals surface area contributed by atoms with Crippen LogP contribution in [0.2, 0.25) is 0 Å². The van der Waals surface area contributed by atoms with Gasteiger partial charge in [0.25, 0.3) is 0 Å². The topological polar surface area (TPSA) is 63.3 Å². The molecule has 1 rings (SSSR count). The molecule has 2 atom stereocenters. The second-order valence-corrected chi connectivity index (χ2v) is 4.28. The number of aryl methyl sites for hydroxylation is 1. The third-order valence-electron chi connectivity index (χ3n) is 2.95. The van der Waals surface area contributed by atoms with E-state index in [1.54, 1.807) is 0 Å². The summed E-state index contributed by atoms with van der Waals surface area (Å²) in [6.45, 7) is 4.18. The van der Waals surface area contributed by atoms with Crippen LogP contribution in [0.15, 0.2) is 24.3 Å². The van der Waals surface area contributed by atoms with E-state index < -0.39 is 12.0 Å². The van der Waals surface area contributed by atoms with Crippen LogP contribution >= 0.6 is 0 Å². The first-order valence-electron chi connectivity index (χ1n) is 5.56. The SMILES string of the molecule is Cc1ccccc1C(C)CCC(N)C(=O)O. The van der Waals surface area contributed by atoms with E-state index in [0.29, 0.717) is 12.3 Å². The van der Waals surface area contributed by atoms with Crippen LogP contribution < -0.4 is 5.73 Å². The first kappa shape index (κ1) is 12.7. The van der Waals surface area contributed by atoms with Gasteiger partial charge in [0.15, 0.2) is 0 Å². The molecule has 0 saturated heterocycles. The van der Waals surface area contributed by atoms with Crippen molar-refractivity contribution in [1.82, 2.24) is 0 Å². The van der Waals surface area contributed by atoms with Crippen LogP contribution in [0.5, 0.6) is 0 Å². The number of aliphatic carboxylic acids is 1. The van der Waals surface area contributed by atoms with Crippen molar-refractivity contribution in [3.8, 4) is 0 Å². The minimum absolute atomic E-state index is 0.353. The molecule has 0 aliphatic heterocycles. The first-order chi connectivity index (χ1) is 7.52. The number of carboxylic acids is 1. The monoisotopic (exact) mass is 221 g/mol. The number of rotatable bonds is 5. The molecule has 0 fully saturated rings. The summed E-state index contributed by atoms with van der Waals surface area (Å²) in [7, 11) is 0. The molecular formula is C13H19NO2. The molecule has 0 spiro atoms. The smallest absolute Gasteiger partial charge is 0.320 e. The summed E-state index contributed by atoms with van der Waals surface area (Å²) in [4.78, 5) is 10.6. The van der Waals surface area contributed by atoms with Gasteiger partial charge in [0, 0.05) is 0 Å². The lowest BCUT2D eigenvalue weighted by Crippen LogP contribution is -2.30. The summed E-state index contributed by atoms with van der Waals surface area (Å²) < 4.78 is 0. The highest BCUT2D eigenvalue weighted by atomic mass is 16.4. The Bertz CT molecular complexity index is 363. The molecule has 0 amide bonds. The Morgan fingerprint density at radius 3 is 2.56 bits per heavy atom. The van der Waals surface area contributed by atoms with E-state index in [0.717, 1.165) is 6.42 Å². The van der Waals surface area contributed by atoms with Gasteiger partial charge in [-0.15, -0.1) is 0 Å². The molecule has 1 aromatic carbocycles. The summed E-state index contributed by atoms with van der Waals surface area (Å²) in [5.41, 5.74) is 8.01. The molecule has 0 saturated carbocycles. The number of carboxylic acid groups (broad SMARTS) is 1. The average Bonchev–Trinajstić information content (AvgIpc) is 2.25. The summed E-state index contributed by atoms with van der Waals surface area (Å²) in [5, 5.41) is 8.70. The van der Waals surface area contributed by atoms with Gasteiger partial charge in [-0.2, -0.15) is 0 Å². The number of nitrogens with two attached hydrogens (primary N) is 1. The largest absolute Gasteiger partial charge is 0.480 e. The molecule has 3 N–H and O–H groups in total. The predicted molar refractivity (Wildman–Crippen MR) is 64.4 cm³/mol. The highest BCUT2D eigenvalue weighted by Crippen LogP contribution is 2.23. The minimum Gasteiger partial charge on any atom is -0.480 e. The van der Waals surface area contributed by atoms with Crippen molar-refractivity contribution in [2.75, 3.05) is 0 Å². The highest BCUT2D eigenvalue weighted by molar-refractivity contribution is 5.72. The molecule has 0 aliphatic carbocycles. The molecule has 0 radical (unpaired) electrons. The number of carbonyl (C=O) groups is 1. The zero-order valence-corrected chi connectivity index (χ0v) is 9.81. The van der Waals surface area contributed by atoms with E-state index in [1.807, 2.05) is 12.1 Å². The van der Waals surface area contributed by atoms with Gasteiger partial charge in [-0.25, -0.2) is 0 Å². The van der Waals surface area contributed by atoms with Crippen molar-refractivity contribution >= 4 is 5.97 Å². The van der Waals surface area contributed by atoms with Gasteiger partial charge in [-0.05, 0) is 36.8 Å². The highest BCUT2D eigenvalue weighted by Gasteiger charge is 2.14. The van der Waals surface area contributed by atoms with E-state index in [2.05, 4.69) is 26.0 Å². The van der Waals surface area contributed by atoms with Crippen LogP contribution in [0, 0.1) is 6.92 Å². The predicted octanol–water partition coefficient (Wildman–Crippen LogP) is 2.29. The normalized spacial score (nSPS) is 14.4. The van der Waals surface area contributed by atoms with Gasteiger partial charge in [0.1, 0.15) is 6.04 Å². The maximum Gasteiger partial charge on any atom is 0.320 e. The zero-order valence-electron chi connectivity index (χ0n) is 9.81. The van der Waals surface area contributed by atoms with Crippen LogP contribution in [-0.2, 0) is 4.79 Å². The molecule has 2 unspecified atom stereocenters. The van der Waals surface area contributed by atoms with Crippen LogP contribution in [0.3, 0.4) is 0 Å². The summed E-state index contributed by atoms with van der Waals surface area (Å²) in [6, 6.07) is 7.44. The lowest BCUT2D eigenvalue weighted by molar-refractivity contribution is -0.138. The maximum absolute atomic E-state index is 10.6. The van der Waals surface area contributed by atoms with Gasteiger partial charge in [-0.1, -0.05) is 31.2 Å². The van der Waals surface area contributed by atoms with Crippen molar-refractivity contribution in [1.29, 1.82) is 0 Å². The Balaban J connectivity index is 2.56. The lowest BCUT2D eigenvalue weighted by Gasteiger charge is -2.15. The van der Waals surface area contributed by atoms with Crippen LogP contribution in [0.1, 0.15) is 36.8 Å². The maximum atomic E-state index is 10.6. The van der Waals surface area contributed by atoms with Crippen molar-refractivity contribution in [2.24, 2.45) is 5.73 Å². The molecular weight excluding hydrogens is 202 g/mol. The molecule has 0 bridgehead atoms. The average molecular weight is 221 g/mol. The Morgan fingerprint density at radius 1 is 1.38 bits per heavy atom. The van der Waals surface area contributed by atoms with Gasteiger partial charge in [-0.3, -0.25) is 4.79 Å². The van der Waals surface area contributed by atoms with Gasteiger partial charge in [0.05, 0.1) is 0 Å². The standard InChI is InChI=1S/C13H19NO2/c1-9-5-3-4-6-11(9)10(2)7-8-12(14)13(15)16/h3-6,10,12H,7-8,14H2,1-2H3,(H,15,16). The van der Waals surface area contributed by atoms with E-state index >= 15 is 0 Å². The van der Waals surface area contributed by atoms with Crippen LogP contribution in [0.25, 0.3) is 0 Å². The van der Waals surface area contributed by atoms with Crippen molar-refractivity contribution < 1.29 is 9.90 Å². The zero-order chi connectivity index (χ0) is 12.1. The van der Waals surface area contributed by atoms with E-state index in [-0.39, 0.29) is 0 Å². The van der Waals surface area contributed by atoms with E-state index in [1.165, 1.54) is 11.1 Å². The molecule has 0 heterocycles. The summed E-state index contributed by atoms with van der Waals surface area (Å²) in [6.07, 6.45) is 1.32. The molecule has 1 aromatic rings. The second kappa shape index (κ2) is 5.66. The van der Waals surface area contributed by atoms with Crippen molar-refractivity contribution in [3.63, 3.8) is 0 Å². The van der Waals surface area contributed by atoms with Crippen LogP contribution in [0.4, 0.5) is 0 Å². The molecule has 3 heteroatoms.